The van der Waals surface area contributed by atoms with Gasteiger partial charge in [-0.2, -0.15) is 0 Å². The Kier molecular flexibility index (Phi) is 4.20. The van der Waals surface area contributed by atoms with Crippen molar-refractivity contribution in [3.8, 4) is 0 Å². The van der Waals surface area contributed by atoms with Crippen molar-refractivity contribution in [2.45, 2.75) is 12.8 Å². The van der Waals surface area contributed by atoms with E-state index in [1.54, 1.807) is 0 Å². The number of rotatable bonds is 4. The maximum Gasteiger partial charge on any atom is 0.172 e. The van der Waals surface area contributed by atoms with Crippen LogP contribution in [0, 0.1) is 5.92 Å². The zero-order chi connectivity index (χ0) is 14.7. The molecule has 0 amide bonds. The van der Waals surface area contributed by atoms with Crippen LogP contribution in [0.1, 0.15) is 12.8 Å². The number of fused-ring (bicyclic) bond motifs is 1. The summed E-state index contributed by atoms with van der Waals surface area (Å²) in [6, 6.07) is 8.02. The minimum atomic E-state index is 0.731. The highest BCUT2D eigenvalue weighted by Crippen LogP contribution is 2.25. The summed E-state index contributed by atoms with van der Waals surface area (Å²) in [5.41, 5.74) is 1.88. The highest BCUT2D eigenvalue weighted by atomic mass is 15.2. The van der Waals surface area contributed by atoms with E-state index in [-0.39, 0.29) is 0 Å². The number of nitrogens with zero attached hydrogens (tertiary/aromatic N) is 3. The average Bonchev–Trinajstić information content (AvgIpc) is 2.54. The molecule has 2 heterocycles. The number of aromatic nitrogens is 2. The lowest BCUT2D eigenvalue weighted by molar-refractivity contribution is 0.377. The van der Waals surface area contributed by atoms with Gasteiger partial charge in [0.15, 0.2) is 11.6 Å². The molecular formula is C16H23N5. The summed E-state index contributed by atoms with van der Waals surface area (Å²) in [6.45, 7) is 3.28. The van der Waals surface area contributed by atoms with Gasteiger partial charge in [-0.25, -0.2) is 9.97 Å². The van der Waals surface area contributed by atoms with Crippen molar-refractivity contribution in [3.63, 3.8) is 0 Å². The predicted octanol–water partition coefficient (Wildman–Crippen LogP) is 2.11. The van der Waals surface area contributed by atoms with Crippen molar-refractivity contribution in [1.82, 2.24) is 15.3 Å². The van der Waals surface area contributed by atoms with E-state index in [1.807, 2.05) is 31.3 Å². The fourth-order valence-corrected chi connectivity index (χ4v) is 2.96. The predicted molar refractivity (Wildman–Crippen MR) is 87.9 cm³/mol. The molecule has 0 bridgehead atoms. The van der Waals surface area contributed by atoms with Crippen LogP contribution in [0.5, 0.6) is 0 Å². The van der Waals surface area contributed by atoms with E-state index in [2.05, 4.69) is 27.6 Å². The normalized spacial score (nSPS) is 16.1. The van der Waals surface area contributed by atoms with E-state index in [9.17, 15) is 0 Å². The van der Waals surface area contributed by atoms with Crippen LogP contribution in [0.15, 0.2) is 24.3 Å². The number of benzene rings is 1. The van der Waals surface area contributed by atoms with Crippen molar-refractivity contribution in [1.29, 1.82) is 0 Å². The third kappa shape index (κ3) is 3.08. The van der Waals surface area contributed by atoms with Crippen LogP contribution >= 0.6 is 0 Å². The Morgan fingerprint density at radius 1 is 1.19 bits per heavy atom. The second kappa shape index (κ2) is 6.26. The minimum Gasteiger partial charge on any atom is -0.370 e. The molecule has 1 saturated heterocycles. The van der Waals surface area contributed by atoms with Gasteiger partial charge in [0.05, 0.1) is 11.0 Å². The first kappa shape index (κ1) is 14.1. The van der Waals surface area contributed by atoms with Crippen LogP contribution in [-0.2, 0) is 0 Å². The molecule has 5 heteroatoms. The zero-order valence-corrected chi connectivity index (χ0v) is 12.8. The van der Waals surface area contributed by atoms with Gasteiger partial charge in [0.2, 0.25) is 0 Å². The number of hydrogen-bond acceptors (Lipinski definition) is 5. The molecule has 5 nitrogen and oxygen atoms in total. The Hall–Kier alpha value is -1.88. The molecule has 0 aliphatic carbocycles. The Labute approximate surface area is 125 Å². The number of piperidine rings is 1. The number of para-hydroxylation sites is 2. The second-order valence-corrected chi connectivity index (χ2v) is 5.71. The lowest BCUT2D eigenvalue weighted by Crippen LogP contribution is -2.35. The summed E-state index contributed by atoms with van der Waals surface area (Å²) in [5.74, 6) is 2.52. The van der Waals surface area contributed by atoms with Crippen molar-refractivity contribution in [2.24, 2.45) is 5.92 Å². The molecule has 0 unspecified atom stereocenters. The van der Waals surface area contributed by atoms with Crippen molar-refractivity contribution >= 4 is 22.7 Å². The van der Waals surface area contributed by atoms with Gasteiger partial charge in [0, 0.05) is 20.6 Å². The largest absolute Gasteiger partial charge is 0.370 e. The fraction of sp³-hybridized carbons (Fsp3) is 0.500. The van der Waals surface area contributed by atoms with Crippen LogP contribution in [-0.4, -0.2) is 43.7 Å². The summed E-state index contributed by atoms with van der Waals surface area (Å²) in [5, 5.41) is 6.59. The van der Waals surface area contributed by atoms with Crippen LogP contribution in [0.25, 0.3) is 11.0 Å². The van der Waals surface area contributed by atoms with E-state index in [1.165, 1.54) is 12.8 Å². The van der Waals surface area contributed by atoms with E-state index in [0.717, 1.165) is 48.2 Å². The molecule has 0 saturated carbocycles. The molecule has 0 radical (unpaired) electrons. The first-order chi connectivity index (χ1) is 10.3. The highest BCUT2D eigenvalue weighted by molar-refractivity contribution is 5.80. The smallest absolute Gasteiger partial charge is 0.172 e. The maximum atomic E-state index is 4.80. The first-order valence-electron chi connectivity index (χ1n) is 7.64. The van der Waals surface area contributed by atoms with Gasteiger partial charge in [-0.05, 0) is 44.0 Å². The molecule has 1 aromatic carbocycles. The molecule has 1 fully saturated rings. The Bertz CT molecular complexity index is 607. The molecule has 1 aliphatic heterocycles. The van der Waals surface area contributed by atoms with Gasteiger partial charge >= 0.3 is 0 Å². The molecule has 112 valence electrons. The van der Waals surface area contributed by atoms with E-state index < -0.39 is 0 Å². The topological polar surface area (TPSA) is 53.1 Å². The number of anilines is 2. The lowest BCUT2D eigenvalue weighted by Gasteiger charge is -2.29. The van der Waals surface area contributed by atoms with Crippen LogP contribution in [0.2, 0.25) is 0 Å². The molecule has 1 aliphatic rings. The monoisotopic (exact) mass is 285 g/mol. The average molecular weight is 285 g/mol. The van der Waals surface area contributed by atoms with E-state index in [0.29, 0.717) is 0 Å². The molecule has 1 aromatic heterocycles. The van der Waals surface area contributed by atoms with E-state index >= 15 is 0 Å². The molecular weight excluding hydrogens is 262 g/mol. The van der Waals surface area contributed by atoms with Gasteiger partial charge in [0.1, 0.15) is 0 Å². The summed E-state index contributed by atoms with van der Waals surface area (Å²) in [4.78, 5) is 11.7. The molecule has 0 spiro atoms. The fourth-order valence-electron chi connectivity index (χ4n) is 2.96. The summed E-state index contributed by atoms with van der Waals surface area (Å²) < 4.78 is 0. The van der Waals surface area contributed by atoms with Gasteiger partial charge in [-0.1, -0.05) is 12.1 Å². The third-order valence-electron chi connectivity index (χ3n) is 4.14. The zero-order valence-electron chi connectivity index (χ0n) is 12.8. The Morgan fingerprint density at radius 2 is 1.86 bits per heavy atom. The minimum absolute atomic E-state index is 0.731. The molecule has 21 heavy (non-hydrogen) atoms. The van der Waals surface area contributed by atoms with Crippen LogP contribution < -0.4 is 15.5 Å². The van der Waals surface area contributed by atoms with Crippen molar-refractivity contribution in [3.05, 3.63) is 24.3 Å². The number of nitrogens with one attached hydrogen (secondary N) is 2. The van der Waals surface area contributed by atoms with Crippen LogP contribution in [0.4, 0.5) is 11.6 Å². The summed E-state index contributed by atoms with van der Waals surface area (Å²) in [6.07, 6.45) is 2.47. The van der Waals surface area contributed by atoms with Gasteiger partial charge in [-0.15, -0.1) is 0 Å². The lowest BCUT2D eigenvalue weighted by atomic mass is 9.98. The summed E-state index contributed by atoms with van der Waals surface area (Å²) in [7, 11) is 4.02. The van der Waals surface area contributed by atoms with Gasteiger partial charge in [0.25, 0.3) is 0 Å². The standard InChI is InChI=1S/C16H23N5/c1-17-15-16(20-14-6-4-3-5-13(14)19-15)21(2)11-12-7-9-18-10-8-12/h3-6,12,18H,7-11H2,1-2H3,(H,17,19). The highest BCUT2D eigenvalue weighted by Gasteiger charge is 2.18. The molecule has 0 atom stereocenters. The first-order valence-corrected chi connectivity index (χ1v) is 7.64. The number of hydrogen-bond donors (Lipinski definition) is 2. The third-order valence-corrected chi connectivity index (χ3v) is 4.14. The Morgan fingerprint density at radius 3 is 2.52 bits per heavy atom. The van der Waals surface area contributed by atoms with Crippen molar-refractivity contribution < 1.29 is 0 Å². The summed E-state index contributed by atoms with van der Waals surface area (Å²) >= 11 is 0. The maximum absolute atomic E-state index is 4.80. The van der Waals surface area contributed by atoms with E-state index in [4.69, 9.17) is 4.98 Å². The Balaban J connectivity index is 1.86. The van der Waals surface area contributed by atoms with Crippen molar-refractivity contribution in [2.75, 3.05) is 43.9 Å². The molecule has 2 N–H and O–H groups in total. The molecule has 3 rings (SSSR count). The second-order valence-electron chi connectivity index (χ2n) is 5.71. The van der Waals surface area contributed by atoms with Crippen LogP contribution in [0.3, 0.4) is 0 Å². The van der Waals surface area contributed by atoms with Gasteiger partial charge in [-0.3, -0.25) is 0 Å². The SMILES string of the molecule is CNc1nc2ccccc2nc1N(C)CC1CCNCC1. The van der Waals surface area contributed by atoms with Gasteiger partial charge < -0.3 is 15.5 Å². The molecule has 2 aromatic rings. The quantitative estimate of drug-likeness (QED) is 0.901.